The van der Waals surface area contributed by atoms with Gasteiger partial charge in [0.2, 0.25) is 17.7 Å². The molecule has 2 amide bonds. The third-order valence-corrected chi connectivity index (χ3v) is 4.84. The van der Waals surface area contributed by atoms with Crippen LogP contribution < -0.4 is 10.6 Å². The van der Waals surface area contributed by atoms with Crippen LogP contribution >= 0.6 is 0 Å². The largest absolute Gasteiger partial charge is 0.350 e. The number of carbonyl (C=O) groups is 2. The van der Waals surface area contributed by atoms with Gasteiger partial charge in [-0.1, -0.05) is 38.1 Å². The minimum atomic E-state index is -0.147. The van der Waals surface area contributed by atoms with Crippen LogP contribution in [-0.4, -0.2) is 22.0 Å². The van der Waals surface area contributed by atoms with E-state index in [2.05, 4.69) is 26.8 Å². The van der Waals surface area contributed by atoms with Crippen LogP contribution in [0.4, 0.5) is 5.69 Å². The van der Waals surface area contributed by atoms with Gasteiger partial charge in [0.1, 0.15) is 0 Å². The summed E-state index contributed by atoms with van der Waals surface area (Å²) in [5, 5.41) is 9.91. The average Bonchev–Trinajstić information content (AvgIpc) is 3.10. The molecule has 7 nitrogen and oxygen atoms in total. The fraction of sp³-hybridized carbons (Fsp3) is 0.524. The lowest BCUT2D eigenvalue weighted by Crippen LogP contribution is -2.27. The Hall–Kier alpha value is -2.70. The number of amides is 2. The van der Waals surface area contributed by atoms with Gasteiger partial charge in [-0.15, -0.1) is 0 Å². The molecule has 1 aliphatic heterocycles. The zero-order chi connectivity index (χ0) is 20.3. The topological polar surface area (TPSA) is 97.1 Å². The van der Waals surface area contributed by atoms with Crippen LogP contribution in [0.15, 0.2) is 22.7 Å². The summed E-state index contributed by atoms with van der Waals surface area (Å²) < 4.78 is 5.26. The minimum absolute atomic E-state index is 0.00548. The average molecular weight is 384 g/mol. The van der Waals surface area contributed by atoms with E-state index in [1.807, 2.05) is 39.8 Å². The standard InChI is InChI=1S/C21H28N4O3/c1-13(14-8-10-16-15(12-14)9-11-18(27)23-16)22-17(26)6-5-7-19-24-20(25-28-19)21(2,3)4/h8,10,12-13H,5-7,9,11H2,1-4H3,(H,22,26)(H,23,27). The summed E-state index contributed by atoms with van der Waals surface area (Å²) in [7, 11) is 0. The van der Waals surface area contributed by atoms with E-state index in [1.54, 1.807) is 0 Å². The Labute approximate surface area is 165 Å². The molecular weight excluding hydrogens is 356 g/mol. The maximum Gasteiger partial charge on any atom is 0.226 e. The Kier molecular flexibility index (Phi) is 5.82. The molecule has 0 saturated carbocycles. The van der Waals surface area contributed by atoms with Crippen molar-refractivity contribution >= 4 is 17.5 Å². The second kappa shape index (κ2) is 8.12. The first-order chi connectivity index (χ1) is 13.2. The molecule has 0 saturated heterocycles. The van der Waals surface area contributed by atoms with E-state index >= 15 is 0 Å². The van der Waals surface area contributed by atoms with Crippen LogP contribution in [0, 0.1) is 0 Å². The quantitative estimate of drug-likeness (QED) is 0.795. The van der Waals surface area contributed by atoms with Crippen molar-refractivity contribution in [3.05, 3.63) is 41.0 Å². The molecule has 0 radical (unpaired) electrons. The molecule has 150 valence electrons. The summed E-state index contributed by atoms with van der Waals surface area (Å²) in [4.78, 5) is 28.1. The molecule has 1 unspecified atom stereocenters. The van der Waals surface area contributed by atoms with E-state index in [0.717, 1.165) is 23.2 Å². The van der Waals surface area contributed by atoms with Crippen molar-refractivity contribution in [2.75, 3.05) is 5.32 Å². The summed E-state index contributed by atoms with van der Waals surface area (Å²) in [5.74, 6) is 1.30. The van der Waals surface area contributed by atoms with Gasteiger partial charge in [0, 0.05) is 30.4 Å². The van der Waals surface area contributed by atoms with Gasteiger partial charge in [0.05, 0.1) is 6.04 Å². The zero-order valence-corrected chi connectivity index (χ0v) is 17.0. The molecule has 0 spiro atoms. The van der Waals surface area contributed by atoms with Crippen molar-refractivity contribution in [1.82, 2.24) is 15.5 Å². The number of aromatic nitrogens is 2. The molecule has 2 heterocycles. The smallest absolute Gasteiger partial charge is 0.226 e. The number of nitrogens with zero attached hydrogens (tertiary/aromatic N) is 2. The van der Waals surface area contributed by atoms with Gasteiger partial charge in [0.25, 0.3) is 0 Å². The van der Waals surface area contributed by atoms with Crippen molar-refractivity contribution in [2.45, 2.75) is 71.3 Å². The van der Waals surface area contributed by atoms with Crippen molar-refractivity contribution in [3.63, 3.8) is 0 Å². The summed E-state index contributed by atoms with van der Waals surface area (Å²) in [5.41, 5.74) is 2.87. The van der Waals surface area contributed by atoms with Crippen LogP contribution in [-0.2, 0) is 27.8 Å². The maximum absolute atomic E-state index is 12.3. The van der Waals surface area contributed by atoms with Gasteiger partial charge in [-0.25, -0.2) is 0 Å². The highest BCUT2D eigenvalue weighted by Crippen LogP contribution is 2.26. The highest BCUT2D eigenvalue weighted by Gasteiger charge is 2.21. The molecule has 1 aromatic heterocycles. The van der Waals surface area contributed by atoms with E-state index in [4.69, 9.17) is 4.52 Å². The SMILES string of the molecule is CC(NC(=O)CCCc1nc(C(C)(C)C)no1)c1ccc2c(c1)CCC(=O)N2. The number of hydrogen-bond acceptors (Lipinski definition) is 5. The monoisotopic (exact) mass is 384 g/mol. The lowest BCUT2D eigenvalue weighted by atomic mass is 9.96. The van der Waals surface area contributed by atoms with Crippen LogP contribution in [0.1, 0.15) is 75.8 Å². The van der Waals surface area contributed by atoms with Gasteiger partial charge in [-0.2, -0.15) is 4.98 Å². The highest BCUT2D eigenvalue weighted by molar-refractivity contribution is 5.93. The lowest BCUT2D eigenvalue weighted by molar-refractivity contribution is -0.121. The van der Waals surface area contributed by atoms with Crippen molar-refractivity contribution in [2.24, 2.45) is 0 Å². The van der Waals surface area contributed by atoms with E-state index in [9.17, 15) is 9.59 Å². The third kappa shape index (κ3) is 4.97. The Bertz CT molecular complexity index is 867. The first-order valence-electron chi connectivity index (χ1n) is 9.77. The Morgan fingerprint density at radius 3 is 2.82 bits per heavy atom. The molecule has 0 fully saturated rings. The number of carbonyl (C=O) groups excluding carboxylic acids is 2. The van der Waals surface area contributed by atoms with E-state index in [-0.39, 0.29) is 23.3 Å². The van der Waals surface area contributed by atoms with E-state index in [0.29, 0.717) is 37.4 Å². The maximum atomic E-state index is 12.3. The normalized spacial score (nSPS) is 14.9. The molecule has 28 heavy (non-hydrogen) atoms. The van der Waals surface area contributed by atoms with Gasteiger partial charge in [0.15, 0.2) is 5.82 Å². The number of nitrogens with one attached hydrogen (secondary N) is 2. The lowest BCUT2D eigenvalue weighted by Gasteiger charge is -2.20. The third-order valence-electron chi connectivity index (χ3n) is 4.84. The van der Waals surface area contributed by atoms with Crippen LogP contribution in [0.25, 0.3) is 0 Å². The van der Waals surface area contributed by atoms with Crippen molar-refractivity contribution in [3.8, 4) is 0 Å². The van der Waals surface area contributed by atoms with Crippen molar-refractivity contribution in [1.29, 1.82) is 0 Å². The molecule has 0 aliphatic carbocycles. The van der Waals surface area contributed by atoms with E-state index < -0.39 is 0 Å². The van der Waals surface area contributed by atoms with Gasteiger partial charge in [-0.3, -0.25) is 9.59 Å². The zero-order valence-electron chi connectivity index (χ0n) is 17.0. The number of rotatable bonds is 6. The molecule has 7 heteroatoms. The molecule has 0 bridgehead atoms. The second-order valence-corrected chi connectivity index (χ2v) is 8.37. The summed E-state index contributed by atoms with van der Waals surface area (Å²) >= 11 is 0. The number of hydrogen-bond donors (Lipinski definition) is 2. The molecule has 3 rings (SSSR count). The van der Waals surface area contributed by atoms with Gasteiger partial charge < -0.3 is 15.2 Å². The van der Waals surface area contributed by atoms with Crippen LogP contribution in [0.3, 0.4) is 0 Å². The highest BCUT2D eigenvalue weighted by atomic mass is 16.5. The summed E-state index contributed by atoms with van der Waals surface area (Å²) in [6.45, 7) is 8.07. The van der Waals surface area contributed by atoms with Crippen LogP contribution in [0.2, 0.25) is 0 Å². The molecule has 1 atom stereocenters. The van der Waals surface area contributed by atoms with Gasteiger partial charge in [-0.05, 0) is 37.0 Å². The minimum Gasteiger partial charge on any atom is -0.350 e. The molecule has 1 aromatic carbocycles. The number of aryl methyl sites for hydroxylation is 2. The Morgan fingerprint density at radius 1 is 1.32 bits per heavy atom. The van der Waals surface area contributed by atoms with Crippen LogP contribution in [0.5, 0.6) is 0 Å². The predicted molar refractivity (Wildman–Crippen MR) is 106 cm³/mol. The molecule has 1 aliphatic rings. The Balaban J connectivity index is 1.48. The van der Waals surface area contributed by atoms with Crippen molar-refractivity contribution < 1.29 is 14.1 Å². The second-order valence-electron chi connectivity index (χ2n) is 8.37. The predicted octanol–water partition coefficient (Wildman–Crippen LogP) is 3.45. The number of anilines is 1. The Morgan fingerprint density at radius 2 is 2.11 bits per heavy atom. The van der Waals surface area contributed by atoms with E-state index in [1.165, 1.54) is 0 Å². The molecular formula is C21H28N4O3. The molecule has 2 aromatic rings. The number of benzene rings is 1. The van der Waals surface area contributed by atoms with Gasteiger partial charge >= 0.3 is 0 Å². The molecule has 2 N–H and O–H groups in total. The fourth-order valence-electron chi connectivity index (χ4n) is 3.13. The summed E-state index contributed by atoms with van der Waals surface area (Å²) in [6.07, 6.45) is 2.88. The first kappa shape index (κ1) is 20.0. The first-order valence-corrected chi connectivity index (χ1v) is 9.77. The number of fused-ring (bicyclic) bond motifs is 1. The summed E-state index contributed by atoms with van der Waals surface area (Å²) in [6, 6.07) is 5.83. The fourth-order valence-corrected chi connectivity index (χ4v) is 3.13.